The van der Waals surface area contributed by atoms with Crippen LogP contribution in [0.3, 0.4) is 0 Å². The van der Waals surface area contributed by atoms with E-state index in [2.05, 4.69) is 5.32 Å². The number of carbonyl (C=O) groups is 2. The molecule has 1 aliphatic heterocycles. The van der Waals surface area contributed by atoms with Crippen molar-refractivity contribution in [3.8, 4) is 5.75 Å². The number of hydrogen-bond acceptors (Lipinski definition) is 3. The summed E-state index contributed by atoms with van der Waals surface area (Å²) in [6.45, 7) is 1.50. The van der Waals surface area contributed by atoms with E-state index in [1.165, 1.54) is 6.92 Å². The van der Waals surface area contributed by atoms with Gasteiger partial charge in [0.05, 0.1) is 0 Å². The van der Waals surface area contributed by atoms with Gasteiger partial charge in [-0.3, -0.25) is 9.59 Å². The maximum Gasteiger partial charge on any atom is 0.265 e. The molecule has 0 fully saturated rings. The molecule has 3 rings (SSSR count). The van der Waals surface area contributed by atoms with Gasteiger partial charge >= 0.3 is 0 Å². The summed E-state index contributed by atoms with van der Waals surface area (Å²) in [5.41, 5.74) is 2.21. The number of ketones is 1. The maximum absolute atomic E-state index is 12.2. The van der Waals surface area contributed by atoms with Crippen molar-refractivity contribution < 1.29 is 14.3 Å². The molecule has 1 N–H and O–H groups in total. The smallest absolute Gasteiger partial charge is 0.265 e. The van der Waals surface area contributed by atoms with Crippen LogP contribution in [0.25, 0.3) is 0 Å². The molecule has 106 valence electrons. The first-order chi connectivity index (χ1) is 10.1. The molecule has 1 atom stereocenters. The van der Waals surface area contributed by atoms with E-state index in [0.717, 1.165) is 11.3 Å². The van der Waals surface area contributed by atoms with E-state index in [4.69, 9.17) is 4.74 Å². The Labute approximate surface area is 122 Å². The van der Waals surface area contributed by atoms with Crippen molar-refractivity contribution in [2.24, 2.45) is 0 Å². The summed E-state index contributed by atoms with van der Waals surface area (Å²) in [6.07, 6.45) is 0.0393. The first-order valence-corrected chi connectivity index (χ1v) is 6.80. The van der Waals surface area contributed by atoms with Gasteiger partial charge in [0.2, 0.25) is 0 Å². The van der Waals surface area contributed by atoms with Gasteiger partial charge < -0.3 is 10.1 Å². The Kier molecular flexibility index (Phi) is 3.44. The molecule has 0 aromatic heterocycles. The van der Waals surface area contributed by atoms with Crippen LogP contribution in [-0.2, 0) is 11.2 Å². The summed E-state index contributed by atoms with van der Waals surface area (Å²) in [5.74, 6) is 0.526. The quantitative estimate of drug-likeness (QED) is 0.880. The minimum atomic E-state index is -0.525. The van der Waals surface area contributed by atoms with Crippen LogP contribution in [0.4, 0.5) is 5.69 Å². The lowest BCUT2D eigenvalue weighted by atomic mass is 10.1. The van der Waals surface area contributed by atoms with Crippen molar-refractivity contribution >= 4 is 17.4 Å². The van der Waals surface area contributed by atoms with Crippen LogP contribution in [0.5, 0.6) is 5.75 Å². The molecule has 0 saturated carbocycles. The molecule has 21 heavy (non-hydrogen) atoms. The topological polar surface area (TPSA) is 55.4 Å². The summed E-state index contributed by atoms with van der Waals surface area (Å²) in [6, 6.07) is 14.5. The summed E-state index contributed by atoms with van der Waals surface area (Å²) >= 11 is 0. The second-order valence-electron chi connectivity index (χ2n) is 5.04. The number of para-hydroxylation sites is 1. The zero-order valence-electron chi connectivity index (χ0n) is 11.6. The lowest BCUT2D eigenvalue weighted by Gasteiger charge is -2.11. The average Bonchev–Trinajstić information content (AvgIpc) is 2.91. The van der Waals surface area contributed by atoms with E-state index >= 15 is 0 Å². The summed E-state index contributed by atoms with van der Waals surface area (Å²) in [4.78, 5) is 23.6. The molecular weight excluding hydrogens is 266 g/mol. The van der Waals surface area contributed by atoms with E-state index in [9.17, 15) is 9.59 Å². The highest BCUT2D eigenvalue weighted by atomic mass is 16.5. The van der Waals surface area contributed by atoms with Gasteiger partial charge in [0.15, 0.2) is 11.9 Å². The van der Waals surface area contributed by atoms with Gasteiger partial charge in [-0.15, -0.1) is 0 Å². The molecule has 0 spiro atoms. The molecule has 0 unspecified atom stereocenters. The van der Waals surface area contributed by atoms with E-state index in [-0.39, 0.29) is 11.7 Å². The van der Waals surface area contributed by atoms with Crippen molar-refractivity contribution in [1.82, 2.24) is 0 Å². The van der Waals surface area contributed by atoms with Crippen molar-refractivity contribution in [3.63, 3.8) is 0 Å². The summed E-state index contributed by atoms with van der Waals surface area (Å²) < 4.78 is 5.64. The van der Waals surface area contributed by atoms with Gasteiger partial charge in [0.1, 0.15) is 5.75 Å². The normalized spacial score (nSPS) is 16.0. The lowest BCUT2D eigenvalue weighted by Crippen LogP contribution is -2.31. The molecular formula is C17H15NO3. The van der Waals surface area contributed by atoms with E-state index in [1.54, 1.807) is 24.3 Å². The highest BCUT2D eigenvalue weighted by Crippen LogP contribution is 2.28. The first-order valence-electron chi connectivity index (χ1n) is 6.80. The Morgan fingerprint density at radius 3 is 2.71 bits per heavy atom. The molecule has 0 radical (unpaired) electrons. The first kappa shape index (κ1) is 13.4. The van der Waals surface area contributed by atoms with Crippen molar-refractivity contribution in [1.29, 1.82) is 0 Å². The Morgan fingerprint density at radius 2 is 1.95 bits per heavy atom. The number of fused-ring (bicyclic) bond motifs is 1. The largest absolute Gasteiger partial charge is 0.480 e. The van der Waals surface area contributed by atoms with Crippen molar-refractivity contribution in [3.05, 3.63) is 59.7 Å². The van der Waals surface area contributed by atoms with Crippen molar-refractivity contribution in [2.45, 2.75) is 19.4 Å². The number of benzene rings is 2. The predicted molar refractivity (Wildman–Crippen MR) is 79.6 cm³/mol. The minimum absolute atomic E-state index is 0.0318. The molecule has 0 saturated heterocycles. The molecule has 1 heterocycles. The number of Topliss-reactive ketones (excluding diaryl/α,β-unsaturated/α-hetero) is 1. The van der Waals surface area contributed by atoms with Gasteiger partial charge in [-0.05, 0) is 30.7 Å². The maximum atomic E-state index is 12.2. The van der Waals surface area contributed by atoms with Crippen molar-refractivity contribution in [2.75, 3.05) is 5.32 Å². The van der Waals surface area contributed by atoms with Crippen LogP contribution >= 0.6 is 0 Å². The Morgan fingerprint density at radius 1 is 1.14 bits per heavy atom. The molecule has 2 aromatic rings. The van der Waals surface area contributed by atoms with Crippen LogP contribution < -0.4 is 10.1 Å². The Balaban J connectivity index is 1.71. The van der Waals surface area contributed by atoms with Gasteiger partial charge in [-0.25, -0.2) is 0 Å². The molecule has 1 aliphatic rings. The summed E-state index contributed by atoms with van der Waals surface area (Å²) in [7, 11) is 0. The Hall–Kier alpha value is -2.62. The fourth-order valence-electron chi connectivity index (χ4n) is 2.37. The van der Waals surface area contributed by atoms with E-state index in [0.29, 0.717) is 17.7 Å². The lowest BCUT2D eigenvalue weighted by molar-refractivity contribution is -0.122. The molecule has 1 amide bonds. The number of ether oxygens (including phenoxy) is 1. The molecule has 0 aliphatic carbocycles. The van der Waals surface area contributed by atoms with Crippen LogP contribution in [0.1, 0.15) is 22.8 Å². The van der Waals surface area contributed by atoms with Gasteiger partial charge in [-0.1, -0.05) is 30.3 Å². The van der Waals surface area contributed by atoms with Crippen LogP contribution in [0.2, 0.25) is 0 Å². The predicted octanol–water partition coefficient (Wildman–Crippen LogP) is 2.83. The highest BCUT2D eigenvalue weighted by Gasteiger charge is 2.28. The molecule has 4 heteroatoms. The number of rotatable bonds is 3. The van der Waals surface area contributed by atoms with E-state index < -0.39 is 6.10 Å². The molecule has 0 bridgehead atoms. The fraction of sp³-hybridized carbons (Fsp3) is 0.176. The number of amides is 1. The number of nitrogens with one attached hydrogen (secondary N) is 1. The zero-order chi connectivity index (χ0) is 14.8. The monoisotopic (exact) mass is 281 g/mol. The Bertz CT molecular complexity index is 684. The third-order valence-electron chi connectivity index (χ3n) is 3.48. The van der Waals surface area contributed by atoms with E-state index in [1.807, 2.05) is 24.3 Å². The van der Waals surface area contributed by atoms with Gasteiger partial charge in [-0.2, -0.15) is 0 Å². The number of anilines is 1. The van der Waals surface area contributed by atoms with Crippen LogP contribution in [0.15, 0.2) is 48.5 Å². The summed E-state index contributed by atoms with van der Waals surface area (Å²) in [5, 5.41) is 2.80. The SMILES string of the molecule is CC(=O)c1cccc(NC(=O)[C@@H]2Cc3ccccc3O2)c1. The van der Waals surface area contributed by atoms with Gasteiger partial charge in [0.25, 0.3) is 5.91 Å². The fourth-order valence-corrected chi connectivity index (χ4v) is 2.37. The molecule has 2 aromatic carbocycles. The minimum Gasteiger partial charge on any atom is -0.480 e. The highest BCUT2D eigenvalue weighted by molar-refractivity contribution is 5.98. The third kappa shape index (κ3) is 2.79. The second-order valence-corrected chi connectivity index (χ2v) is 5.04. The third-order valence-corrected chi connectivity index (χ3v) is 3.48. The number of carbonyl (C=O) groups excluding carboxylic acids is 2. The van der Waals surface area contributed by atoms with Crippen LogP contribution in [0, 0.1) is 0 Å². The number of hydrogen-bond donors (Lipinski definition) is 1. The molecule has 4 nitrogen and oxygen atoms in total. The zero-order valence-corrected chi connectivity index (χ0v) is 11.6. The van der Waals surface area contributed by atoms with Gasteiger partial charge in [0, 0.05) is 17.7 Å². The second kappa shape index (κ2) is 5.40. The standard InChI is InChI=1S/C17H15NO3/c1-11(19)12-6-4-7-14(9-12)18-17(20)16-10-13-5-2-3-8-15(13)21-16/h2-9,16H,10H2,1H3,(H,18,20)/t16-/m0/s1. The van der Waals surface area contributed by atoms with Crippen LogP contribution in [-0.4, -0.2) is 17.8 Å². The average molecular weight is 281 g/mol.